The van der Waals surface area contributed by atoms with E-state index in [0.717, 1.165) is 30.5 Å². The number of hydrazine groups is 1. The van der Waals surface area contributed by atoms with Crippen LogP contribution in [-0.2, 0) is 29.1 Å². The van der Waals surface area contributed by atoms with Gasteiger partial charge in [-0.1, -0.05) is 59.8 Å². The zero-order valence-electron chi connectivity index (χ0n) is 16.9. The molecule has 0 saturated carbocycles. The molecule has 3 aromatic rings. The molecule has 2 heterocycles. The van der Waals surface area contributed by atoms with Gasteiger partial charge in [-0.2, -0.15) is 0 Å². The predicted molar refractivity (Wildman–Crippen MR) is 113 cm³/mol. The summed E-state index contributed by atoms with van der Waals surface area (Å²) < 4.78 is 7.38. The van der Waals surface area contributed by atoms with Crippen LogP contribution >= 0.6 is 0 Å². The van der Waals surface area contributed by atoms with Gasteiger partial charge in [0.1, 0.15) is 6.61 Å². The van der Waals surface area contributed by atoms with E-state index in [0.29, 0.717) is 19.6 Å². The zero-order valence-corrected chi connectivity index (χ0v) is 16.9. The molecule has 2 aromatic carbocycles. The van der Waals surface area contributed by atoms with Crippen LogP contribution in [0.3, 0.4) is 0 Å². The van der Waals surface area contributed by atoms with Gasteiger partial charge in [0.05, 0.1) is 12.1 Å². The lowest BCUT2D eigenvalue weighted by molar-refractivity contribution is -0.152. The van der Waals surface area contributed by atoms with Crippen molar-refractivity contribution >= 4 is 5.97 Å². The molecule has 7 nitrogen and oxygen atoms in total. The number of nitrogens with two attached hydrogens (primary N) is 1. The maximum absolute atomic E-state index is 12.6. The van der Waals surface area contributed by atoms with E-state index >= 15 is 0 Å². The standard InChI is InChI=1S/C23H27N5O2/c24-28-14-11-21(23(29)30-17-19-4-2-1-3-5-19)16-22(28)20-8-6-18(7-9-20)10-13-27-15-12-25-26-27/h1-9,12,15,21-22H,10-11,13-14,16-17,24H2. The van der Waals surface area contributed by atoms with E-state index < -0.39 is 0 Å². The van der Waals surface area contributed by atoms with Gasteiger partial charge in [-0.05, 0) is 36.0 Å². The van der Waals surface area contributed by atoms with Gasteiger partial charge in [-0.25, -0.2) is 5.01 Å². The lowest BCUT2D eigenvalue weighted by Gasteiger charge is -2.36. The van der Waals surface area contributed by atoms with Crippen LogP contribution < -0.4 is 5.84 Å². The van der Waals surface area contributed by atoms with Crippen molar-refractivity contribution in [2.75, 3.05) is 6.54 Å². The van der Waals surface area contributed by atoms with Crippen molar-refractivity contribution < 1.29 is 9.53 Å². The van der Waals surface area contributed by atoms with E-state index in [9.17, 15) is 4.79 Å². The van der Waals surface area contributed by atoms with Crippen LogP contribution in [0.4, 0.5) is 0 Å². The second kappa shape index (κ2) is 9.65. The number of ether oxygens (including phenoxy) is 1. The molecule has 30 heavy (non-hydrogen) atoms. The fraction of sp³-hybridized carbons (Fsp3) is 0.348. The molecule has 0 amide bonds. The fourth-order valence-corrected chi connectivity index (χ4v) is 3.87. The molecule has 2 N–H and O–H groups in total. The molecule has 1 aromatic heterocycles. The lowest BCUT2D eigenvalue weighted by Crippen LogP contribution is -2.43. The molecule has 1 aliphatic rings. The predicted octanol–water partition coefficient (Wildman–Crippen LogP) is 2.89. The minimum Gasteiger partial charge on any atom is -0.461 e. The van der Waals surface area contributed by atoms with Crippen molar-refractivity contribution in [1.29, 1.82) is 0 Å². The molecule has 1 fully saturated rings. The molecule has 4 rings (SSSR count). The Bertz CT molecular complexity index is 928. The number of aryl methyl sites for hydroxylation is 2. The summed E-state index contributed by atoms with van der Waals surface area (Å²) in [5.41, 5.74) is 3.36. The third-order valence-corrected chi connectivity index (χ3v) is 5.67. The Morgan fingerprint density at radius 3 is 2.63 bits per heavy atom. The number of hydrogen-bond donors (Lipinski definition) is 1. The van der Waals surface area contributed by atoms with Gasteiger partial charge < -0.3 is 4.74 Å². The Hall–Kier alpha value is -3.03. The second-order valence-corrected chi connectivity index (χ2v) is 7.73. The zero-order chi connectivity index (χ0) is 20.8. The molecular formula is C23H27N5O2. The summed E-state index contributed by atoms with van der Waals surface area (Å²) in [6, 6.07) is 18.2. The number of piperidine rings is 1. The Labute approximate surface area is 176 Å². The number of rotatable bonds is 7. The first-order valence-electron chi connectivity index (χ1n) is 10.3. The highest BCUT2D eigenvalue weighted by molar-refractivity contribution is 5.72. The molecule has 2 atom stereocenters. The van der Waals surface area contributed by atoms with Crippen molar-refractivity contribution in [2.24, 2.45) is 11.8 Å². The Morgan fingerprint density at radius 2 is 1.90 bits per heavy atom. The number of benzene rings is 2. The quantitative estimate of drug-likeness (QED) is 0.480. The maximum Gasteiger partial charge on any atom is 0.309 e. The number of carbonyl (C=O) groups excluding carboxylic acids is 1. The fourth-order valence-electron chi connectivity index (χ4n) is 3.87. The summed E-state index contributed by atoms with van der Waals surface area (Å²) in [4.78, 5) is 12.6. The first kappa shape index (κ1) is 20.3. The van der Waals surface area contributed by atoms with Crippen LogP contribution in [0.2, 0.25) is 0 Å². The molecule has 156 valence electrons. The van der Waals surface area contributed by atoms with E-state index in [-0.39, 0.29) is 17.9 Å². The Balaban J connectivity index is 1.34. The smallest absolute Gasteiger partial charge is 0.309 e. The molecule has 0 radical (unpaired) electrons. The SMILES string of the molecule is NN1CCC(C(=O)OCc2ccccc2)CC1c1ccc(CCn2ccnn2)cc1. The lowest BCUT2D eigenvalue weighted by atomic mass is 9.88. The third kappa shape index (κ3) is 5.11. The van der Waals surface area contributed by atoms with Crippen molar-refractivity contribution in [3.05, 3.63) is 83.7 Å². The number of esters is 1. The molecule has 2 unspecified atom stereocenters. The van der Waals surface area contributed by atoms with E-state index in [1.54, 1.807) is 6.20 Å². The monoisotopic (exact) mass is 405 g/mol. The van der Waals surface area contributed by atoms with Gasteiger partial charge in [0.15, 0.2) is 0 Å². The highest BCUT2D eigenvalue weighted by Crippen LogP contribution is 2.33. The van der Waals surface area contributed by atoms with E-state index in [1.807, 2.05) is 46.2 Å². The number of hydrogen-bond acceptors (Lipinski definition) is 6. The largest absolute Gasteiger partial charge is 0.461 e. The van der Waals surface area contributed by atoms with Gasteiger partial charge in [0, 0.05) is 25.3 Å². The van der Waals surface area contributed by atoms with Crippen LogP contribution in [0.25, 0.3) is 0 Å². The van der Waals surface area contributed by atoms with Crippen molar-refractivity contribution in [3.8, 4) is 0 Å². The van der Waals surface area contributed by atoms with Gasteiger partial charge in [-0.15, -0.1) is 5.10 Å². The van der Waals surface area contributed by atoms with Crippen LogP contribution in [0.15, 0.2) is 67.0 Å². The number of carbonyl (C=O) groups is 1. The Kier molecular flexibility index (Phi) is 6.51. The van der Waals surface area contributed by atoms with E-state index in [1.165, 1.54) is 5.56 Å². The number of aromatic nitrogens is 3. The molecule has 7 heteroatoms. The molecule has 0 aliphatic carbocycles. The summed E-state index contributed by atoms with van der Waals surface area (Å²) in [7, 11) is 0. The summed E-state index contributed by atoms with van der Waals surface area (Å²) in [6.45, 7) is 1.78. The van der Waals surface area contributed by atoms with Gasteiger partial charge in [-0.3, -0.25) is 15.3 Å². The van der Waals surface area contributed by atoms with Crippen molar-refractivity contribution in [3.63, 3.8) is 0 Å². The minimum atomic E-state index is -0.138. The molecule has 1 saturated heterocycles. The van der Waals surface area contributed by atoms with Gasteiger partial charge >= 0.3 is 5.97 Å². The van der Waals surface area contributed by atoms with Gasteiger partial charge in [0.2, 0.25) is 0 Å². The molecule has 0 spiro atoms. The summed E-state index contributed by atoms with van der Waals surface area (Å²) in [5.74, 6) is 5.99. The highest BCUT2D eigenvalue weighted by atomic mass is 16.5. The number of nitrogens with zero attached hydrogens (tertiary/aromatic N) is 4. The normalized spacial score (nSPS) is 19.5. The first-order chi connectivity index (χ1) is 14.7. The maximum atomic E-state index is 12.6. The summed E-state index contributed by atoms with van der Waals surface area (Å²) in [6.07, 6.45) is 5.82. The van der Waals surface area contributed by atoms with E-state index in [2.05, 4.69) is 34.6 Å². The van der Waals surface area contributed by atoms with Gasteiger partial charge in [0.25, 0.3) is 0 Å². The van der Waals surface area contributed by atoms with Crippen molar-refractivity contribution in [1.82, 2.24) is 20.0 Å². The summed E-state index contributed by atoms with van der Waals surface area (Å²) in [5, 5.41) is 9.66. The van der Waals surface area contributed by atoms with Crippen LogP contribution in [0, 0.1) is 5.92 Å². The van der Waals surface area contributed by atoms with Crippen LogP contribution in [-0.4, -0.2) is 32.5 Å². The summed E-state index contributed by atoms with van der Waals surface area (Å²) >= 11 is 0. The molecule has 0 bridgehead atoms. The average Bonchev–Trinajstić information content (AvgIpc) is 3.31. The molecule has 1 aliphatic heterocycles. The van der Waals surface area contributed by atoms with Crippen LogP contribution in [0.1, 0.15) is 35.6 Å². The van der Waals surface area contributed by atoms with Crippen LogP contribution in [0.5, 0.6) is 0 Å². The molecular weight excluding hydrogens is 378 g/mol. The van der Waals surface area contributed by atoms with Crippen molar-refractivity contribution in [2.45, 2.75) is 38.5 Å². The second-order valence-electron chi connectivity index (χ2n) is 7.73. The highest BCUT2D eigenvalue weighted by Gasteiger charge is 2.32. The first-order valence-corrected chi connectivity index (χ1v) is 10.3. The average molecular weight is 406 g/mol. The topological polar surface area (TPSA) is 86.3 Å². The van der Waals surface area contributed by atoms with E-state index in [4.69, 9.17) is 10.6 Å². The third-order valence-electron chi connectivity index (χ3n) is 5.67. The minimum absolute atomic E-state index is 0.0115. The Morgan fingerprint density at radius 1 is 1.10 bits per heavy atom.